The standard InChI is InChI=1S/C15H17N5O/c1-9-2-7-17-14-13(9)15-18-12(21)8-11(20(15)19-14)10-3-5-16-6-4-10/h2,7-8,10,13,16H,3-6H2,1H3. The largest absolute Gasteiger partial charge is 0.317 e. The van der Waals surface area contributed by atoms with E-state index < -0.39 is 0 Å². The zero-order chi connectivity index (χ0) is 14.4. The fourth-order valence-corrected chi connectivity index (χ4v) is 3.33. The van der Waals surface area contributed by atoms with Gasteiger partial charge in [0.05, 0.1) is 5.69 Å². The second-order valence-corrected chi connectivity index (χ2v) is 5.79. The molecule has 3 aliphatic rings. The van der Waals surface area contributed by atoms with E-state index in [-0.39, 0.29) is 11.5 Å². The summed E-state index contributed by atoms with van der Waals surface area (Å²) in [7, 11) is 0. The van der Waals surface area contributed by atoms with Crippen molar-refractivity contribution in [1.29, 1.82) is 0 Å². The van der Waals surface area contributed by atoms with Gasteiger partial charge >= 0.3 is 0 Å². The van der Waals surface area contributed by atoms with Gasteiger partial charge in [-0.15, -0.1) is 0 Å². The van der Waals surface area contributed by atoms with Crippen molar-refractivity contribution >= 4 is 12.1 Å². The van der Waals surface area contributed by atoms with E-state index in [9.17, 15) is 4.79 Å². The normalized spacial score (nSPS) is 24.3. The van der Waals surface area contributed by atoms with E-state index in [1.54, 1.807) is 12.3 Å². The van der Waals surface area contributed by atoms with Gasteiger partial charge in [-0.1, -0.05) is 5.57 Å². The summed E-state index contributed by atoms with van der Waals surface area (Å²) in [6, 6.07) is 1.64. The Morgan fingerprint density at radius 1 is 1.33 bits per heavy atom. The van der Waals surface area contributed by atoms with E-state index in [4.69, 9.17) is 0 Å². The molecule has 0 bridgehead atoms. The molecule has 6 heteroatoms. The van der Waals surface area contributed by atoms with Crippen LogP contribution in [0.3, 0.4) is 0 Å². The fraction of sp³-hybridized carbons (Fsp3) is 0.467. The molecule has 3 aliphatic heterocycles. The molecule has 0 aliphatic carbocycles. The maximum atomic E-state index is 12.0. The van der Waals surface area contributed by atoms with Gasteiger partial charge in [0.1, 0.15) is 11.7 Å². The van der Waals surface area contributed by atoms with Crippen LogP contribution in [-0.2, 0) is 0 Å². The minimum atomic E-state index is -0.173. The maximum absolute atomic E-state index is 12.0. The number of amidine groups is 1. The molecule has 21 heavy (non-hydrogen) atoms. The Hall–Kier alpha value is -2.08. The molecular weight excluding hydrogens is 266 g/mol. The molecule has 1 aromatic rings. The van der Waals surface area contributed by atoms with E-state index in [1.165, 1.54) is 0 Å². The predicted octanol–water partition coefficient (Wildman–Crippen LogP) is 1.000. The first-order valence-electron chi connectivity index (χ1n) is 7.38. The van der Waals surface area contributed by atoms with Gasteiger partial charge in [0.15, 0.2) is 5.84 Å². The van der Waals surface area contributed by atoms with Crippen molar-refractivity contribution in [3.8, 4) is 0 Å². The number of hydrogen-bond acceptors (Lipinski definition) is 5. The first-order valence-corrected chi connectivity index (χ1v) is 7.38. The summed E-state index contributed by atoms with van der Waals surface area (Å²) in [6.45, 7) is 3.99. The van der Waals surface area contributed by atoms with Crippen LogP contribution >= 0.6 is 0 Å². The van der Waals surface area contributed by atoms with Crippen molar-refractivity contribution in [3.63, 3.8) is 0 Å². The van der Waals surface area contributed by atoms with Gasteiger partial charge < -0.3 is 5.32 Å². The Bertz CT molecular complexity index is 737. The van der Waals surface area contributed by atoms with Crippen LogP contribution in [0.4, 0.5) is 0 Å². The zero-order valence-corrected chi connectivity index (χ0v) is 11.9. The third-order valence-corrected chi connectivity index (χ3v) is 4.43. The first kappa shape index (κ1) is 12.6. The Morgan fingerprint density at radius 3 is 2.95 bits per heavy atom. The number of allylic oxidation sites excluding steroid dienone is 1. The smallest absolute Gasteiger partial charge is 0.273 e. The molecule has 4 heterocycles. The summed E-state index contributed by atoms with van der Waals surface area (Å²) < 4.78 is 1.86. The molecule has 0 spiro atoms. The van der Waals surface area contributed by atoms with Crippen molar-refractivity contribution in [2.75, 3.05) is 13.1 Å². The van der Waals surface area contributed by atoms with Gasteiger partial charge in [0.2, 0.25) is 0 Å². The third kappa shape index (κ3) is 1.98. The van der Waals surface area contributed by atoms with Crippen LogP contribution in [0.25, 0.3) is 0 Å². The van der Waals surface area contributed by atoms with Gasteiger partial charge in [-0.25, -0.2) is 9.67 Å². The maximum Gasteiger partial charge on any atom is 0.273 e. The van der Waals surface area contributed by atoms with E-state index in [2.05, 4.69) is 20.4 Å². The number of aromatic nitrogens is 2. The van der Waals surface area contributed by atoms with Crippen molar-refractivity contribution in [2.24, 2.45) is 10.1 Å². The van der Waals surface area contributed by atoms with Crippen LogP contribution in [0.1, 0.15) is 43.1 Å². The molecule has 108 valence electrons. The summed E-state index contributed by atoms with van der Waals surface area (Å²) in [4.78, 5) is 20.6. The van der Waals surface area contributed by atoms with E-state index in [1.807, 2.05) is 17.7 Å². The zero-order valence-electron chi connectivity index (χ0n) is 11.9. The molecule has 0 saturated carbocycles. The van der Waals surface area contributed by atoms with Gasteiger partial charge in [-0.3, -0.25) is 4.79 Å². The molecule has 6 nitrogen and oxygen atoms in total. The number of dihydropyridines is 1. The van der Waals surface area contributed by atoms with Crippen molar-refractivity contribution < 1.29 is 0 Å². The van der Waals surface area contributed by atoms with Gasteiger partial charge in [0, 0.05) is 18.2 Å². The molecule has 0 aromatic carbocycles. The number of piperidine rings is 1. The van der Waals surface area contributed by atoms with Gasteiger partial charge in [-0.05, 0) is 38.9 Å². The lowest BCUT2D eigenvalue weighted by molar-refractivity contribution is 0.439. The molecule has 1 saturated heterocycles. The average Bonchev–Trinajstić information content (AvgIpc) is 2.87. The Kier molecular flexibility index (Phi) is 2.85. The van der Waals surface area contributed by atoms with Gasteiger partial charge in [-0.2, -0.15) is 10.1 Å². The summed E-state index contributed by atoms with van der Waals surface area (Å²) in [5.74, 6) is 1.75. The number of nitrogens with one attached hydrogen (secondary N) is 1. The molecule has 4 rings (SSSR count). The summed E-state index contributed by atoms with van der Waals surface area (Å²) in [5, 5.41) is 7.97. The molecule has 1 N–H and O–H groups in total. The lowest BCUT2D eigenvalue weighted by atomic mass is 9.93. The van der Waals surface area contributed by atoms with E-state index in [0.29, 0.717) is 5.92 Å². The lowest BCUT2D eigenvalue weighted by Crippen LogP contribution is -2.29. The third-order valence-electron chi connectivity index (χ3n) is 4.43. The number of aliphatic imine (C=N–C) groups is 1. The van der Waals surface area contributed by atoms with Crippen LogP contribution in [-0.4, -0.2) is 34.8 Å². The van der Waals surface area contributed by atoms with Crippen LogP contribution in [0.5, 0.6) is 0 Å². The van der Waals surface area contributed by atoms with Crippen molar-refractivity contribution in [2.45, 2.75) is 31.6 Å². The quantitative estimate of drug-likeness (QED) is 0.835. The molecule has 1 fully saturated rings. The summed E-state index contributed by atoms with van der Waals surface area (Å²) >= 11 is 0. The second-order valence-electron chi connectivity index (χ2n) is 5.79. The van der Waals surface area contributed by atoms with Crippen LogP contribution in [0, 0.1) is 0 Å². The highest BCUT2D eigenvalue weighted by Gasteiger charge is 2.34. The first-order chi connectivity index (χ1) is 10.2. The second kappa shape index (κ2) is 4.73. The highest BCUT2D eigenvalue weighted by Crippen LogP contribution is 2.34. The Labute approximate surface area is 122 Å². The highest BCUT2D eigenvalue weighted by molar-refractivity contribution is 6.02. The molecule has 1 unspecified atom stereocenters. The van der Waals surface area contributed by atoms with E-state index in [0.717, 1.165) is 48.9 Å². The molecular formula is C15H17N5O. The van der Waals surface area contributed by atoms with Gasteiger partial charge in [0.25, 0.3) is 5.56 Å². The monoisotopic (exact) mass is 283 g/mol. The van der Waals surface area contributed by atoms with Crippen LogP contribution in [0.2, 0.25) is 0 Å². The minimum absolute atomic E-state index is 0.0654. The highest BCUT2D eigenvalue weighted by atomic mass is 16.1. The topological polar surface area (TPSA) is 71.6 Å². The number of rotatable bonds is 1. The predicted molar refractivity (Wildman–Crippen MR) is 81.2 cm³/mol. The van der Waals surface area contributed by atoms with Crippen molar-refractivity contribution in [1.82, 2.24) is 15.0 Å². The number of fused-ring (bicyclic) bond motifs is 3. The van der Waals surface area contributed by atoms with Crippen molar-refractivity contribution in [3.05, 3.63) is 39.6 Å². The fourth-order valence-electron chi connectivity index (χ4n) is 3.33. The number of nitrogens with zero attached hydrogens (tertiary/aromatic N) is 4. The number of hydrogen-bond donors (Lipinski definition) is 1. The molecule has 1 aromatic heterocycles. The van der Waals surface area contributed by atoms with Crippen LogP contribution < -0.4 is 10.9 Å². The van der Waals surface area contributed by atoms with E-state index >= 15 is 0 Å². The lowest BCUT2D eigenvalue weighted by Gasteiger charge is -2.24. The summed E-state index contributed by atoms with van der Waals surface area (Å²) in [5.41, 5.74) is 1.94. The Morgan fingerprint density at radius 2 is 2.14 bits per heavy atom. The summed E-state index contributed by atoms with van der Waals surface area (Å²) in [6.07, 6.45) is 5.77. The minimum Gasteiger partial charge on any atom is -0.317 e. The molecule has 0 amide bonds. The average molecular weight is 283 g/mol. The molecule has 1 atom stereocenters. The Balaban J connectivity index is 1.86. The van der Waals surface area contributed by atoms with Crippen LogP contribution in [0.15, 0.2) is 32.6 Å². The molecule has 0 radical (unpaired) electrons. The SMILES string of the molecule is CC1=CC=NC2=Nn3c(C4CCNCC4)cc(=O)nc3C12.